The maximum atomic E-state index is 10.0. The summed E-state index contributed by atoms with van der Waals surface area (Å²) in [6.07, 6.45) is 7.82. The van der Waals surface area contributed by atoms with Crippen molar-refractivity contribution in [3.8, 4) is 0 Å². The predicted octanol–water partition coefficient (Wildman–Crippen LogP) is 2.09. The molecule has 2 aliphatic carbocycles. The normalized spacial score (nSPS) is 40.9. The lowest BCUT2D eigenvalue weighted by molar-refractivity contribution is 0.0582. The van der Waals surface area contributed by atoms with Gasteiger partial charge in [-0.25, -0.2) is 0 Å². The van der Waals surface area contributed by atoms with Gasteiger partial charge in [-0.3, -0.25) is 0 Å². The van der Waals surface area contributed by atoms with E-state index in [0.717, 1.165) is 12.8 Å². The first kappa shape index (κ1) is 10.4. The summed E-state index contributed by atoms with van der Waals surface area (Å²) in [5.74, 6) is 0.875. The molecule has 0 amide bonds. The molecule has 2 rings (SSSR count). The molecular formula is C12H22O2. The van der Waals surface area contributed by atoms with Crippen molar-refractivity contribution in [2.75, 3.05) is 0 Å². The SMILES string of the molecule is C[C@]1(O)C[C@H]1C[C@H](O)C1CCCCC1. The summed E-state index contributed by atoms with van der Waals surface area (Å²) in [4.78, 5) is 0. The van der Waals surface area contributed by atoms with E-state index in [4.69, 9.17) is 0 Å². The highest BCUT2D eigenvalue weighted by molar-refractivity contribution is 5.00. The Morgan fingerprint density at radius 2 is 1.86 bits per heavy atom. The van der Waals surface area contributed by atoms with Crippen LogP contribution in [0.1, 0.15) is 51.9 Å². The molecule has 3 atom stereocenters. The molecule has 2 heteroatoms. The van der Waals surface area contributed by atoms with E-state index in [2.05, 4.69) is 0 Å². The largest absolute Gasteiger partial charge is 0.393 e. The molecule has 0 spiro atoms. The fourth-order valence-electron chi connectivity index (χ4n) is 2.78. The van der Waals surface area contributed by atoms with E-state index in [0.29, 0.717) is 11.8 Å². The topological polar surface area (TPSA) is 40.5 Å². The number of aliphatic hydroxyl groups excluding tert-OH is 1. The van der Waals surface area contributed by atoms with Crippen LogP contribution >= 0.6 is 0 Å². The van der Waals surface area contributed by atoms with Crippen LogP contribution in [0.25, 0.3) is 0 Å². The number of rotatable bonds is 3. The Kier molecular flexibility index (Phi) is 2.85. The van der Waals surface area contributed by atoms with Gasteiger partial charge in [0.1, 0.15) is 0 Å². The summed E-state index contributed by atoms with van der Waals surface area (Å²) in [6, 6.07) is 0. The summed E-state index contributed by atoms with van der Waals surface area (Å²) in [5, 5.41) is 19.6. The van der Waals surface area contributed by atoms with E-state index >= 15 is 0 Å². The van der Waals surface area contributed by atoms with Crippen LogP contribution < -0.4 is 0 Å². The smallest absolute Gasteiger partial charge is 0.0653 e. The number of hydrogen-bond donors (Lipinski definition) is 2. The highest BCUT2D eigenvalue weighted by Gasteiger charge is 2.49. The van der Waals surface area contributed by atoms with Crippen molar-refractivity contribution in [1.82, 2.24) is 0 Å². The lowest BCUT2D eigenvalue weighted by Gasteiger charge is -2.26. The zero-order valence-corrected chi connectivity index (χ0v) is 9.08. The minimum Gasteiger partial charge on any atom is -0.393 e. The average Bonchev–Trinajstić information content (AvgIpc) is 2.75. The van der Waals surface area contributed by atoms with Crippen LogP contribution in [-0.2, 0) is 0 Å². The van der Waals surface area contributed by atoms with Gasteiger partial charge in [0.05, 0.1) is 11.7 Å². The van der Waals surface area contributed by atoms with Gasteiger partial charge in [-0.15, -0.1) is 0 Å². The summed E-state index contributed by atoms with van der Waals surface area (Å²) in [7, 11) is 0. The summed E-state index contributed by atoms with van der Waals surface area (Å²) < 4.78 is 0. The van der Waals surface area contributed by atoms with Gasteiger partial charge < -0.3 is 10.2 Å². The lowest BCUT2D eigenvalue weighted by atomic mass is 9.83. The quantitative estimate of drug-likeness (QED) is 0.729. The molecule has 2 saturated carbocycles. The minimum atomic E-state index is -0.463. The minimum absolute atomic E-state index is 0.158. The molecule has 0 aromatic carbocycles. The van der Waals surface area contributed by atoms with Crippen LogP contribution in [0.15, 0.2) is 0 Å². The molecule has 0 radical (unpaired) electrons. The highest BCUT2D eigenvalue weighted by Crippen LogP contribution is 2.47. The predicted molar refractivity (Wildman–Crippen MR) is 55.9 cm³/mol. The number of hydrogen-bond acceptors (Lipinski definition) is 2. The first-order chi connectivity index (χ1) is 6.59. The molecule has 14 heavy (non-hydrogen) atoms. The third kappa shape index (κ3) is 2.29. The van der Waals surface area contributed by atoms with Crippen molar-refractivity contribution in [3.63, 3.8) is 0 Å². The molecule has 2 aliphatic rings. The van der Waals surface area contributed by atoms with Crippen molar-refractivity contribution < 1.29 is 10.2 Å². The molecule has 2 N–H and O–H groups in total. The van der Waals surface area contributed by atoms with Crippen LogP contribution in [0.4, 0.5) is 0 Å². The van der Waals surface area contributed by atoms with Crippen LogP contribution in [-0.4, -0.2) is 21.9 Å². The Morgan fingerprint density at radius 1 is 1.29 bits per heavy atom. The maximum absolute atomic E-state index is 10.0. The van der Waals surface area contributed by atoms with Crippen molar-refractivity contribution in [3.05, 3.63) is 0 Å². The van der Waals surface area contributed by atoms with E-state index in [1.807, 2.05) is 6.92 Å². The molecule has 82 valence electrons. The van der Waals surface area contributed by atoms with Gasteiger partial charge in [-0.05, 0) is 44.4 Å². The molecule has 0 unspecified atom stereocenters. The van der Waals surface area contributed by atoms with Gasteiger partial charge in [0.25, 0.3) is 0 Å². The van der Waals surface area contributed by atoms with Crippen molar-refractivity contribution in [2.24, 2.45) is 11.8 Å². The Morgan fingerprint density at radius 3 is 2.36 bits per heavy atom. The second kappa shape index (κ2) is 3.82. The fourth-order valence-corrected chi connectivity index (χ4v) is 2.78. The van der Waals surface area contributed by atoms with E-state index in [1.165, 1.54) is 32.1 Å². The summed E-state index contributed by atoms with van der Waals surface area (Å²) >= 11 is 0. The van der Waals surface area contributed by atoms with Gasteiger partial charge in [-0.2, -0.15) is 0 Å². The van der Waals surface area contributed by atoms with Crippen molar-refractivity contribution in [2.45, 2.75) is 63.6 Å². The van der Waals surface area contributed by atoms with E-state index in [9.17, 15) is 10.2 Å². The molecule has 0 heterocycles. The maximum Gasteiger partial charge on any atom is 0.0653 e. The van der Waals surface area contributed by atoms with E-state index in [-0.39, 0.29) is 6.10 Å². The molecule has 0 aromatic rings. The third-order valence-electron chi connectivity index (χ3n) is 4.10. The fraction of sp³-hybridized carbons (Fsp3) is 1.00. The Bertz CT molecular complexity index is 194. The molecule has 0 bridgehead atoms. The monoisotopic (exact) mass is 198 g/mol. The second-order valence-corrected chi connectivity index (χ2v) is 5.46. The zero-order chi connectivity index (χ0) is 10.2. The van der Waals surface area contributed by atoms with Crippen molar-refractivity contribution in [1.29, 1.82) is 0 Å². The average molecular weight is 198 g/mol. The molecule has 0 aromatic heterocycles. The van der Waals surface area contributed by atoms with Crippen LogP contribution in [0.2, 0.25) is 0 Å². The zero-order valence-electron chi connectivity index (χ0n) is 9.08. The van der Waals surface area contributed by atoms with Crippen LogP contribution in [0.3, 0.4) is 0 Å². The molecule has 0 saturated heterocycles. The molecule has 0 aliphatic heterocycles. The third-order valence-corrected chi connectivity index (χ3v) is 4.10. The Labute approximate surface area is 86.3 Å². The van der Waals surface area contributed by atoms with Gasteiger partial charge in [0, 0.05) is 0 Å². The summed E-state index contributed by atoms with van der Waals surface area (Å²) in [6.45, 7) is 1.88. The molecule has 2 fully saturated rings. The number of aliphatic hydroxyl groups is 2. The first-order valence-corrected chi connectivity index (χ1v) is 6.00. The van der Waals surface area contributed by atoms with Crippen molar-refractivity contribution >= 4 is 0 Å². The van der Waals surface area contributed by atoms with Gasteiger partial charge in [-0.1, -0.05) is 19.3 Å². The first-order valence-electron chi connectivity index (χ1n) is 6.00. The van der Waals surface area contributed by atoms with Gasteiger partial charge >= 0.3 is 0 Å². The van der Waals surface area contributed by atoms with Crippen LogP contribution in [0.5, 0.6) is 0 Å². The van der Waals surface area contributed by atoms with Crippen LogP contribution in [0, 0.1) is 11.8 Å². The standard InChI is InChI=1S/C12H22O2/c1-12(14)8-10(12)7-11(13)9-5-3-2-4-6-9/h9-11,13-14H,2-8H2,1H3/t10-,11+,12+/m1/s1. The van der Waals surface area contributed by atoms with Gasteiger partial charge in [0.2, 0.25) is 0 Å². The van der Waals surface area contributed by atoms with E-state index in [1.54, 1.807) is 0 Å². The Hall–Kier alpha value is -0.0800. The van der Waals surface area contributed by atoms with Gasteiger partial charge in [0.15, 0.2) is 0 Å². The molecular weight excluding hydrogens is 176 g/mol. The van der Waals surface area contributed by atoms with E-state index < -0.39 is 5.60 Å². The Balaban J connectivity index is 1.75. The lowest BCUT2D eigenvalue weighted by Crippen LogP contribution is -2.24. The summed E-state index contributed by atoms with van der Waals surface area (Å²) in [5.41, 5.74) is -0.463. The highest BCUT2D eigenvalue weighted by atomic mass is 16.3. The second-order valence-electron chi connectivity index (χ2n) is 5.46. The molecule has 2 nitrogen and oxygen atoms in total.